The molecule has 5 nitrogen and oxygen atoms in total. The molecule has 0 fully saturated rings. The summed E-state index contributed by atoms with van der Waals surface area (Å²) in [5, 5.41) is 8.51. The van der Waals surface area contributed by atoms with E-state index in [4.69, 9.17) is 10.00 Å². The molecular weight excluding hydrogens is 242 g/mol. The number of hydrogen-bond donors (Lipinski definition) is 0. The van der Waals surface area contributed by atoms with Crippen LogP contribution < -0.4 is 9.30 Å². The summed E-state index contributed by atoms with van der Waals surface area (Å²) in [5.74, 6) is 0.368. The van der Waals surface area contributed by atoms with Crippen molar-refractivity contribution in [3.8, 4) is 11.9 Å². The van der Waals surface area contributed by atoms with Crippen molar-refractivity contribution in [2.45, 2.75) is 6.54 Å². The highest BCUT2D eigenvalue weighted by atomic mass is 16.5. The van der Waals surface area contributed by atoms with Crippen molar-refractivity contribution in [1.29, 1.82) is 5.26 Å². The quantitative estimate of drug-likeness (QED) is 0.593. The van der Waals surface area contributed by atoms with Gasteiger partial charge >= 0.3 is 5.88 Å². The number of aromatic nitrogens is 2. The van der Waals surface area contributed by atoms with E-state index in [1.54, 1.807) is 29.1 Å². The molecule has 1 aromatic carbocycles. The first kappa shape index (κ1) is 12.7. The lowest BCUT2D eigenvalue weighted by Gasteiger charge is -2.02. The minimum absolute atomic E-state index is 0.0291. The van der Waals surface area contributed by atoms with Gasteiger partial charge in [0.1, 0.15) is 12.3 Å². The van der Waals surface area contributed by atoms with E-state index in [1.807, 2.05) is 24.3 Å². The number of benzene rings is 1. The zero-order valence-corrected chi connectivity index (χ0v) is 10.2. The number of carbonyl (C=O) groups is 1. The summed E-state index contributed by atoms with van der Waals surface area (Å²) in [6, 6.07) is 10.9. The molecule has 0 unspecified atom stereocenters. The molecule has 0 amide bonds. The Balaban J connectivity index is 2.15. The molecule has 5 heteroatoms. The molecule has 0 aliphatic rings. The molecule has 0 aliphatic carbocycles. The average molecular weight is 254 g/mol. The van der Waals surface area contributed by atoms with Gasteiger partial charge in [0.25, 0.3) is 0 Å². The minimum atomic E-state index is -0.0782. The summed E-state index contributed by atoms with van der Waals surface area (Å²) in [5.41, 5.74) is 0.637. The summed E-state index contributed by atoms with van der Waals surface area (Å²) in [7, 11) is 0. The number of nitriles is 1. The molecule has 0 spiro atoms. The Morgan fingerprint density at radius 2 is 2.16 bits per heavy atom. The number of carbonyl (C=O) groups excluding carboxylic acids is 1. The van der Waals surface area contributed by atoms with Crippen LogP contribution >= 0.6 is 0 Å². The van der Waals surface area contributed by atoms with E-state index in [2.05, 4.69) is 4.98 Å². The Hall–Kier alpha value is -2.74. The third kappa shape index (κ3) is 3.36. The average Bonchev–Trinajstić information content (AvgIpc) is 2.47. The monoisotopic (exact) mass is 254 g/mol. The Kier molecular flexibility index (Phi) is 4.19. The first-order valence-corrected chi connectivity index (χ1v) is 5.72. The highest BCUT2D eigenvalue weighted by molar-refractivity contribution is 5.94. The van der Waals surface area contributed by atoms with Crippen LogP contribution in [0.15, 0.2) is 48.9 Å². The fourth-order valence-electron chi connectivity index (χ4n) is 1.60. The van der Waals surface area contributed by atoms with Crippen LogP contribution in [0.4, 0.5) is 0 Å². The van der Waals surface area contributed by atoms with E-state index in [9.17, 15) is 4.79 Å². The van der Waals surface area contributed by atoms with Crippen molar-refractivity contribution < 1.29 is 14.1 Å². The van der Waals surface area contributed by atoms with Gasteiger partial charge in [0, 0.05) is 5.56 Å². The molecule has 0 atom stereocenters. The largest absolute Gasteiger partial charge is 0.428 e. The lowest BCUT2D eigenvalue weighted by molar-refractivity contribution is -0.688. The summed E-state index contributed by atoms with van der Waals surface area (Å²) in [6.45, 7) is 0.0680. The molecule has 0 bridgehead atoms. The molecule has 1 aromatic heterocycles. The van der Waals surface area contributed by atoms with Crippen LogP contribution in [0.2, 0.25) is 0 Å². The van der Waals surface area contributed by atoms with E-state index >= 15 is 0 Å². The summed E-state index contributed by atoms with van der Waals surface area (Å²) in [6.07, 6.45) is 4.70. The molecule has 0 saturated heterocycles. The predicted octanol–water partition coefficient (Wildman–Crippen LogP) is 1.15. The SMILES string of the molecule is N#CCOc1cncc[n+]1CC(=O)c1ccccc1. The maximum atomic E-state index is 12.1. The van der Waals surface area contributed by atoms with E-state index in [1.165, 1.54) is 6.20 Å². The number of ether oxygens (including phenoxy) is 1. The fraction of sp³-hybridized carbons (Fsp3) is 0.143. The maximum Gasteiger partial charge on any atom is 0.388 e. The van der Waals surface area contributed by atoms with Gasteiger partial charge < -0.3 is 4.74 Å². The highest BCUT2D eigenvalue weighted by Gasteiger charge is 2.17. The van der Waals surface area contributed by atoms with Crippen molar-refractivity contribution in [3.63, 3.8) is 0 Å². The van der Waals surface area contributed by atoms with E-state index in [0.717, 1.165) is 0 Å². The van der Waals surface area contributed by atoms with E-state index in [-0.39, 0.29) is 18.9 Å². The van der Waals surface area contributed by atoms with Crippen molar-refractivity contribution in [3.05, 3.63) is 54.5 Å². The zero-order valence-electron chi connectivity index (χ0n) is 10.2. The standard InChI is InChI=1S/C14H12N3O2/c15-6-9-19-14-10-16-7-8-17(14)11-13(18)12-4-2-1-3-5-12/h1-5,7-8,10H,9,11H2/q+1. The Morgan fingerprint density at radius 3 is 2.89 bits per heavy atom. The molecule has 0 radical (unpaired) electrons. The van der Waals surface area contributed by atoms with Crippen molar-refractivity contribution in [1.82, 2.24) is 4.98 Å². The molecule has 2 rings (SSSR count). The number of ketones is 1. The van der Waals surface area contributed by atoms with Crippen molar-refractivity contribution >= 4 is 5.78 Å². The summed E-state index contributed by atoms with van der Waals surface area (Å²) in [4.78, 5) is 16.0. The van der Waals surface area contributed by atoms with Crippen LogP contribution in [0.3, 0.4) is 0 Å². The van der Waals surface area contributed by atoms with Gasteiger partial charge in [-0.1, -0.05) is 30.3 Å². The second-order valence-corrected chi connectivity index (χ2v) is 3.78. The molecule has 0 saturated carbocycles. The van der Waals surface area contributed by atoms with E-state index in [0.29, 0.717) is 11.4 Å². The Bertz CT molecular complexity index is 606. The van der Waals surface area contributed by atoms with Crippen LogP contribution in [-0.4, -0.2) is 17.4 Å². The predicted molar refractivity (Wildman–Crippen MR) is 66.3 cm³/mol. The van der Waals surface area contributed by atoms with Gasteiger partial charge in [0.05, 0.1) is 6.20 Å². The molecule has 1 heterocycles. The van der Waals surface area contributed by atoms with Gasteiger partial charge in [-0.2, -0.15) is 9.83 Å². The first-order valence-electron chi connectivity index (χ1n) is 5.72. The smallest absolute Gasteiger partial charge is 0.388 e. The number of nitrogens with zero attached hydrogens (tertiary/aromatic N) is 3. The van der Waals surface area contributed by atoms with Gasteiger partial charge in [-0.25, -0.2) is 4.98 Å². The third-order valence-corrected chi connectivity index (χ3v) is 2.50. The second-order valence-electron chi connectivity index (χ2n) is 3.78. The fourth-order valence-corrected chi connectivity index (χ4v) is 1.60. The second kappa shape index (κ2) is 6.26. The van der Waals surface area contributed by atoms with Gasteiger partial charge in [-0.3, -0.25) is 4.79 Å². The van der Waals surface area contributed by atoms with Gasteiger partial charge in [-0.15, -0.1) is 0 Å². The van der Waals surface area contributed by atoms with Crippen LogP contribution in [-0.2, 0) is 6.54 Å². The summed E-state index contributed by atoms with van der Waals surface area (Å²) < 4.78 is 6.83. The molecular formula is C14H12N3O2+. The number of Topliss-reactive ketones (excluding diaryl/α,β-unsaturated/α-hetero) is 1. The van der Waals surface area contributed by atoms with Crippen LogP contribution in [0.25, 0.3) is 0 Å². The molecule has 19 heavy (non-hydrogen) atoms. The molecule has 0 aliphatic heterocycles. The van der Waals surface area contributed by atoms with Crippen molar-refractivity contribution in [2.24, 2.45) is 0 Å². The van der Waals surface area contributed by atoms with Gasteiger partial charge in [0.15, 0.2) is 12.8 Å². The number of rotatable bonds is 5. The normalized spacial score (nSPS) is 9.63. The van der Waals surface area contributed by atoms with Crippen LogP contribution in [0.5, 0.6) is 5.88 Å². The zero-order chi connectivity index (χ0) is 13.5. The maximum absolute atomic E-state index is 12.1. The lowest BCUT2D eigenvalue weighted by Crippen LogP contribution is -2.39. The Morgan fingerprint density at radius 1 is 1.37 bits per heavy atom. The highest BCUT2D eigenvalue weighted by Crippen LogP contribution is 2.03. The third-order valence-electron chi connectivity index (χ3n) is 2.50. The topological polar surface area (TPSA) is 66.9 Å². The van der Waals surface area contributed by atoms with Gasteiger partial charge in [-0.05, 0) is 0 Å². The molecule has 0 N–H and O–H groups in total. The first-order chi connectivity index (χ1) is 9.31. The summed E-state index contributed by atoms with van der Waals surface area (Å²) >= 11 is 0. The van der Waals surface area contributed by atoms with Crippen LogP contribution in [0.1, 0.15) is 10.4 Å². The minimum Gasteiger partial charge on any atom is -0.428 e. The van der Waals surface area contributed by atoms with Gasteiger partial charge in [0.2, 0.25) is 12.3 Å². The van der Waals surface area contributed by atoms with E-state index < -0.39 is 0 Å². The molecule has 94 valence electrons. The number of hydrogen-bond acceptors (Lipinski definition) is 4. The lowest BCUT2D eigenvalue weighted by atomic mass is 10.1. The Labute approximate surface area is 110 Å². The molecule has 2 aromatic rings. The van der Waals surface area contributed by atoms with Crippen LogP contribution in [0, 0.1) is 11.3 Å². The van der Waals surface area contributed by atoms with Crippen molar-refractivity contribution in [2.75, 3.05) is 6.61 Å².